The SMILES string of the molecule is ClC(Cl)(Cl)Cl.O=C(OO)c1cccc(Cl)c1. The van der Waals surface area contributed by atoms with Crippen molar-refractivity contribution in [3.05, 3.63) is 34.9 Å². The minimum absolute atomic E-state index is 0.222. The van der Waals surface area contributed by atoms with E-state index in [9.17, 15) is 4.79 Å². The van der Waals surface area contributed by atoms with E-state index in [4.69, 9.17) is 63.3 Å². The van der Waals surface area contributed by atoms with Gasteiger partial charge in [-0.2, -0.15) is 5.26 Å². The molecule has 0 spiro atoms. The first-order valence-corrected chi connectivity index (χ1v) is 5.50. The van der Waals surface area contributed by atoms with Gasteiger partial charge in [-0.05, 0) is 18.2 Å². The normalized spacial score (nSPS) is 10.1. The van der Waals surface area contributed by atoms with Crippen LogP contribution in [0.25, 0.3) is 0 Å². The van der Waals surface area contributed by atoms with E-state index in [1.54, 1.807) is 12.1 Å². The van der Waals surface area contributed by atoms with Crippen LogP contribution >= 0.6 is 58.0 Å². The Hall–Kier alpha value is 0.1000. The lowest BCUT2D eigenvalue weighted by Crippen LogP contribution is -2.00. The van der Waals surface area contributed by atoms with Gasteiger partial charge in [-0.3, -0.25) is 4.89 Å². The van der Waals surface area contributed by atoms with E-state index in [-0.39, 0.29) is 5.56 Å². The van der Waals surface area contributed by atoms with Crippen LogP contribution in [0.1, 0.15) is 10.4 Å². The third-order valence-electron chi connectivity index (χ3n) is 1.14. The quantitative estimate of drug-likeness (QED) is 0.469. The van der Waals surface area contributed by atoms with Crippen LogP contribution in [0.2, 0.25) is 5.02 Å². The lowest BCUT2D eigenvalue weighted by Gasteiger charge is -1.95. The van der Waals surface area contributed by atoms with Crippen molar-refractivity contribution in [3.63, 3.8) is 0 Å². The van der Waals surface area contributed by atoms with Crippen LogP contribution in [0.5, 0.6) is 0 Å². The minimum Gasteiger partial charge on any atom is -0.296 e. The minimum atomic E-state index is -1.61. The second kappa shape index (κ2) is 7.43. The molecule has 0 aliphatic carbocycles. The highest BCUT2D eigenvalue weighted by molar-refractivity contribution is 6.83. The summed E-state index contributed by atoms with van der Waals surface area (Å²) in [5.41, 5.74) is 0.222. The van der Waals surface area contributed by atoms with Crippen molar-refractivity contribution in [1.82, 2.24) is 0 Å². The van der Waals surface area contributed by atoms with Crippen molar-refractivity contribution >= 4 is 64.0 Å². The van der Waals surface area contributed by atoms with Gasteiger partial charge in [0.15, 0.2) is 0 Å². The predicted molar refractivity (Wildman–Crippen MR) is 65.6 cm³/mol. The largest absolute Gasteiger partial charge is 0.372 e. The second-order valence-corrected chi connectivity index (χ2v) is 6.18. The van der Waals surface area contributed by atoms with Crippen LogP contribution in [0.3, 0.4) is 0 Å². The topological polar surface area (TPSA) is 46.5 Å². The van der Waals surface area contributed by atoms with E-state index in [1.165, 1.54) is 12.1 Å². The molecule has 0 aliphatic rings. The van der Waals surface area contributed by atoms with Crippen molar-refractivity contribution in [2.45, 2.75) is 3.25 Å². The highest BCUT2D eigenvalue weighted by atomic mass is 35.6. The first-order valence-electron chi connectivity index (χ1n) is 3.61. The Morgan fingerprint density at radius 3 is 2.12 bits per heavy atom. The average molecular weight is 326 g/mol. The summed E-state index contributed by atoms with van der Waals surface area (Å²) >= 11 is 24.9. The standard InChI is InChI=1S/C7H5ClO3.CCl4/c8-6-3-1-2-5(4-6)7(9)11-10;2-1(3,4)5/h1-4,10H;. The van der Waals surface area contributed by atoms with E-state index in [0.29, 0.717) is 5.02 Å². The van der Waals surface area contributed by atoms with Gasteiger partial charge in [0.05, 0.1) is 5.56 Å². The summed E-state index contributed by atoms with van der Waals surface area (Å²) in [6.07, 6.45) is 0. The van der Waals surface area contributed by atoms with Crippen molar-refractivity contribution in [2.75, 3.05) is 0 Å². The average Bonchev–Trinajstić information content (AvgIpc) is 2.14. The van der Waals surface area contributed by atoms with E-state index in [2.05, 4.69) is 4.89 Å². The van der Waals surface area contributed by atoms with Crippen LogP contribution in [-0.4, -0.2) is 14.5 Å². The molecule has 1 rings (SSSR count). The summed E-state index contributed by atoms with van der Waals surface area (Å²) in [4.78, 5) is 14.1. The molecule has 90 valence electrons. The zero-order valence-corrected chi connectivity index (χ0v) is 11.2. The summed E-state index contributed by atoms with van der Waals surface area (Å²) in [5, 5.41) is 8.41. The van der Waals surface area contributed by atoms with E-state index < -0.39 is 9.22 Å². The number of benzene rings is 1. The molecule has 0 fully saturated rings. The summed E-state index contributed by atoms with van der Waals surface area (Å²) in [6.45, 7) is 0. The highest BCUT2D eigenvalue weighted by Gasteiger charge is 2.11. The number of halogens is 5. The van der Waals surface area contributed by atoms with Gasteiger partial charge in [0.2, 0.25) is 0 Å². The molecule has 1 aromatic carbocycles. The number of rotatable bonds is 1. The summed E-state index contributed by atoms with van der Waals surface area (Å²) in [7, 11) is 0. The van der Waals surface area contributed by atoms with Gasteiger partial charge >= 0.3 is 5.97 Å². The molecule has 0 saturated carbocycles. The Labute approximate surface area is 117 Å². The molecule has 8 heteroatoms. The monoisotopic (exact) mass is 324 g/mol. The molecule has 0 amide bonds. The van der Waals surface area contributed by atoms with Gasteiger partial charge in [-0.25, -0.2) is 4.79 Å². The van der Waals surface area contributed by atoms with Crippen LogP contribution < -0.4 is 0 Å². The number of hydrogen-bond acceptors (Lipinski definition) is 3. The van der Waals surface area contributed by atoms with Gasteiger partial charge in [-0.15, -0.1) is 0 Å². The van der Waals surface area contributed by atoms with Gasteiger partial charge in [0, 0.05) is 5.02 Å². The maximum absolute atomic E-state index is 10.6. The number of carbonyl (C=O) groups is 1. The van der Waals surface area contributed by atoms with Gasteiger partial charge in [0.1, 0.15) is 0 Å². The second-order valence-electron chi connectivity index (χ2n) is 2.32. The molecule has 0 unspecified atom stereocenters. The van der Waals surface area contributed by atoms with E-state index in [0.717, 1.165) is 0 Å². The van der Waals surface area contributed by atoms with Crippen LogP contribution in [0.15, 0.2) is 24.3 Å². The molecule has 16 heavy (non-hydrogen) atoms. The highest BCUT2D eigenvalue weighted by Crippen LogP contribution is 2.29. The molecule has 0 saturated heterocycles. The third-order valence-corrected chi connectivity index (χ3v) is 1.38. The molecule has 3 nitrogen and oxygen atoms in total. The lowest BCUT2D eigenvalue weighted by molar-refractivity contribution is -0.182. The van der Waals surface area contributed by atoms with Gasteiger partial charge < -0.3 is 0 Å². The first-order chi connectivity index (χ1) is 7.24. The van der Waals surface area contributed by atoms with Gasteiger partial charge in [0.25, 0.3) is 3.25 Å². The van der Waals surface area contributed by atoms with Crippen molar-refractivity contribution < 1.29 is 14.9 Å². The molecule has 0 bridgehead atoms. The van der Waals surface area contributed by atoms with Crippen molar-refractivity contribution in [1.29, 1.82) is 0 Å². The number of hydrogen-bond donors (Lipinski definition) is 1. The summed E-state index contributed by atoms with van der Waals surface area (Å²) in [5.74, 6) is -0.813. The van der Waals surface area contributed by atoms with Crippen LogP contribution in [0.4, 0.5) is 0 Å². The fourth-order valence-corrected chi connectivity index (χ4v) is 0.858. The summed E-state index contributed by atoms with van der Waals surface area (Å²) < 4.78 is -1.61. The maximum atomic E-state index is 10.6. The van der Waals surface area contributed by atoms with Crippen LogP contribution in [-0.2, 0) is 4.89 Å². The molecule has 0 heterocycles. The Balaban J connectivity index is 0.000000385. The molecular weight excluding hydrogens is 321 g/mol. The molecule has 0 aromatic heterocycles. The Morgan fingerprint density at radius 2 is 1.75 bits per heavy atom. The smallest absolute Gasteiger partial charge is 0.296 e. The van der Waals surface area contributed by atoms with Gasteiger partial charge in [-0.1, -0.05) is 64.1 Å². The first kappa shape index (κ1) is 16.1. The fraction of sp³-hybridized carbons (Fsp3) is 0.125. The zero-order valence-electron chi connectivity index (χ0n) is 7.46. The third kappa shape index (κ3) is 9.33. The van der Waals surface area contributed by atoms with Crippen molar-refractivity contribution in [3.8, 4) is 0 Å². The maximum Gasteiger partial charge on any atom is 0.372 e. The van der Waals surface area contributed by atoms with Crippen LogP contribution in [0, 0.1) is 0 Å². The molecule has 0 radical (unpaired) electrons. The molecule has 0 atom stereocenters. The van der Waals surface area contributed by atoms with E-state index >= 15 is 0 Å². The van der Waals surface area contributed by atoms with Crippen molar-refractivity contribution in [2.24, 2.45) is 0 Å². The summed E-state index contributed by atoms with van der Waals surface area (Å²) in [6, 6.07) is 6.11. The molecule has 1 aromatic rings. The Kier molecular flexibility index (Phi) is 7.48. The molecule has 0 aliphatic heterocycles. The van der Waals surface area contributed by atoms with E-state index in [1.807, 2.05) is 0 Å². The fourth-order valence-electron chi connectivity index (χ4n) is 0.668. The molecule has 1 N–H and O–H groups in total. The Bertz CT molecular complexity index is 344. The zero-order chi connectivity index (χ0) is 12.8. The Morgan fingerprint density at radius 1 is 1.25 bits per heavy atom. The number of carbonyl (C=O) groups excluding carboxylic acids is 1. The molecular formula is C8H5Cl5O3. The lowest BCUT2D eigenvalue weighted by atomic mass is 10.2. The number of alkyl halides is 4. The predicted octanol–water partition coefficient (Wildman–Crippen LogP) is 4.52.